The largest absolute Gasteiger partial charge is 0.508 e. The highest BCUT2D eigenvalue weighted by Crippen LogP contribution is 2.27. The predicted octanol–water partition coefficient (Wildman–Crippen LogP) is 2.77. The number of amides is 1. The third-order valence-electron chi connectivity index (χ3n) is 3.29. The summed E-state index contributed by atoms with van der Waals surface area (Å²) < 4.78 is 0. The maximum absolute atomic E-state index is 12.0. The zero-order chi connectivity index (χ0) is 17.7. The standard InChI is InChI=1S/C16H14N2O6/c19-10-3-5-12(11(8-10)16(22)23)17-15(21)6-2-9-1-4-13(18-24)14(20)7-9/h1,3-5,7-8,19-20H,2,6H2,(H,17,21)(H,22,23). The molecule has 0 radical (unpaired) electrons. The number of nitrogens with one attached hydrogen (secondary N) is 1. The van der Waals surface area contributed by atoms with E-state index in [0.717, 1.165) is 6.07 Å². The van der Waals surface area contributed by atoms with Crippen molar-refractivity contribution in [3.8, 4) is 11.5 Å². The monoisotopic (exact) mass is 330 g/mol. The lowest BCUT2D eigenvalue weighted by Crippen LogP contribution is -2.15. The first kappa shape index (κ1) is 16.9. The fraction of sp³-hybridized carbons (Fsp3) is 0.125. The number of benzene rings is 2. The van der Waals surface area contributed by atoms with E-state index in [-0.39, 0.29) is 41.3 Å². The molecular formula is C16H14N2O6. The Morgan fingerprint density at radius 3 is 2.46 bits per heavy atom. The zero-order valence-corrected chi connectivity index (χ0v) is 12.4. The average Bonchev–Trinajstić information content (AvgIpc) is 2.54. The second-order valence-electron chi connectivity index (χ2n) is 5.00. The van der Waals surface area contributed by atoms with Crippen LogP contribution in [-0.4, -0.2) is 27.2 Å². The summed E-state index contributed by atoms with van der Waals surface area (Å²) in [7, 11) is 0. The molecule has 0 aliphatic rings. The summed E-state index contributed by atoms with van der Waals surface area (Å²) in [6.07, 6.45) is 0.312. The topological polar surface area (TPSA) is 136 Å². The van der Waals surface area contributed by atoms with Crippen LogP contribution in [0.3, 0.4) is 0 Å². The molecule has 8 nitrogen and oxygen atoms in total. The van der Waals surface area contributed by atoms with Crippen molar-refractivity contribution in [2.75, 3.05) is 5.32 Å². The summed E-state index contributed by atoms with van der Waals surface area (Å²) in [5, 5.41) is 33.0. The lowest BCUT2D eigenvalue weighted by molar-refractivity contribution is -0.116. The zero-order valence-electron chi connectivity index (χ0n) is 12.4. The Labute approximate surface area is 136 Å². The Balaban J connectivity index is 2.03. The van der Waals surface area contributed by atoms with E-state index in [0.29, 0.717) is 5.56 Å². The quantitative estimate of drug-likeness (QED) is 0.475. The van der Waals surface area contributed by atoms with Gasteiger partial charge in [0.05, 0.1) is 11.3 Å². The molecule has 0 saturated heterocycles. The van der Waals surface area contributed by atoms with Gasteiger partial charge < -0.3 is 20.6 Å². The van der Waals surface area contributed by atoms with Crippen LogP contribution in [0.4, 0.5) is 11.4 Å². The number of carboxylic acid groups (broad SMARTS) is 1. The third kappa shape index (κ3) is 4.07. The average molecular weight is 330 g/mol. The highest BCUT2D eigenvalue weighted by Gasteiger charge is 2.13. The number of carbonyl (C=O) groups is 2. The second-order valence-corrected chi connectivity index (χ2v) is 5.00. The molecule has 8 heteroatoms. The van der Waals surface area contributed by atoms with Crippen LogP contribution in [0.2, 0.25) is 0 Å². The molecule has 1 amide bonds. The van der Waals surface area contributed by atoms with E-state index in [4.69, 9.17) is 5.11 Å². The lowest BCUT2D eigenvalue weighted by atomic mass is 10.1. The minimum Gasteiger partial charge on any atom is -0.508 e. The van der Waals surface area contributed by atoms with E-state index in [1.165, 1.54) is 24.3 Å². The van der Waals surface area contributed by atoms with Gasteiger partial charge in [0.15, 0.2) is 0 Å². The molecule has 0 aliphatic heterocycles. The summed E-state index contributed by atoms with van der Waals surface area (Å²) >= 11 is 0. The van der Waals surface area contributed by atoms with Crippen LogP contribution in [0.15, 0.2) is 41.6 Å². The molecule has 0 fully saturated rings. The number of nitrogens with zero attached hydrogens (tertiary/aromatic N) is 1. The van der Waals surface area contributed by atoms with Gasteiger partial charge in [-0.15, -0.1) is 4.91 Å². The van der Waals surface area contributed by atoms with Crippen LogP contribution in [0, 0.1) is 4.91 Å². The van der Waals surface area contributed by atoms with Crippen molar-refractivity contribution in [1.82, 2.24) is 0 Å². The molecule has 0 atom stereocenters. The van der Waals surface area contributed by atoms with Crippen LogP contribution >= 0.6 is 0 Å². The summed E-state index contributed by atoms with van der Waals surface area (Å²) in [6, 6.07) is 7.86. The van der Waals surface area contributed by atoms with Gasteiger partial charge in [0.1, 0.15) is 17.2 Å². The summed E-state index contributed by atoms with van der Waals surface area (Å²) in [6.45, 7) is 0. The maximum atomic E-state index is 12.0. The molecule has 2 rings (SSSR count). The van der Waals surface area contributed by atoms with Crippen molar-refractivity contribution in [1.29, 1.82) is 0 Å². The van der Waals surface area contributed by atoms with Gasteiger partial charge in [0, 0.05) is 6.42 Å². The minimum atomic E-state index is -1.27. The van der Waals surface area contributed by atoms with Crippen LogP contribution in [-0.2, 0) is 11.2 Å². The van der Waals surface area contributed by atoms with Crippen molar-refractivity contribution >= 4 is 23.3 Å². The molecule has 0 saturated carbocycles. The van der Waals surface area contributed by atoms with E-state index in [1.54, 1.807) is 6.07 Å². The molecule has 124 valence electrons. The number of hydrogen-bond acceptors (Lipinski definition) is 6. The number of aryl methyl sites for hydroxylation is 1. The van der Waals surface area contributed by atoms with Gasteiger partial charge in [0.2, 0.25) is 5.91 Å². The van der Waals surface area contributed by atoms with Gasteiger partial charge in [-0.1, -0.05) is 6.07 Å². The minimum absolute atomic E-state index is 0.0350. The van der Waals surface area contributed by atoms with E-state index < -0.39 is 11.9 Å². The fourth-order valence-electron chi connectivity index (χ4n) is 2.09. The number of rotatable bonds is 6. The number of carboxylic acids is 1. The van der Waals surface area contributed by atoms with Gasteiger partial charge >= 0.3 is 5.97 Å². The van der Waals surface area contributed by atoms with Crippen molar-refractivity contribution in [2.45, 2.75) is 12.8 Å². The predicted molar refractivity (Wildman–Crippen MR) is 85.6 cm³/mol. The van der Waals surface area contributed by atoms with Crippen LogP contribution in [0.25, 0.3) is 0 Å². The van der Waals surface area contributed by atoms with Crippen molar-refractivity contribution in [3.05, 3.63) is 52.4 Å². The van der Waals surface area contributed by atoms with E-state index >= 15 is 0 Å². The maximum Gasteiger partial charge on any atom is 0.337 e. The molecule has 2 aromatic carbocycles. The van der Waals surface area contributed by atoms with E-state index in [1.807, 2.05) is 0 Å². The number of phenols is 2. The molecule has 0 spiro atoms. The van der Waals surface area contributed by atoms with Crippen LogP contribution in [0.5, 0.6) is 11.5 Å². The number of aromatic carboxylic acids is 1. The Bertz CT molecular complexity index is 803. The second kappa shape index (κ2) is 7.23. The molecule has 0 aliphatic carbocycles. The normalized spacial score (nSPS) is 10.2. The molecule has 0 heterocycles. The SMILES string of the molecule is O=Nc1ccc(CCC(=O)Nc2ccc(O)cc2C(=O)O)cc1O. The summed E-state index contributed by atoms with van der Waals surface area (Å²) in [4.78, 5) is 33.4. The van der Waals surface area contributed by atoms with E-state index in [9.17, 15) is 24.7 Å². The molecule has 0 bridgehead atoms. The number of phenolic OH excluding ortho intramolecular Hbond substituents is 2. The Hall–Kier alpha value is -3.42. The smallest absolute Gasteiger partial charge is 0.337 e. The third-order valence-corrected chi connectivity index (χ3v) is 3.29. The number of carbonyl (C=O) groups excluding carboxylic acids is 1. The first-order chi connectivity index (χ1) is 11.4. The first-order valence-electron chi connectivity index (χ1n) is 6.92. The van der Waals surface area contributed by atoms with Gasteiger partial charge in [-0.05, 0) is 47.5 Å². The molecular weight excluding hydrogens is 316 g/mol. The van der Waals surface area contributed by atoms with Crippen LogP contribution in [0.1, 0.15) is 22.3 Å². The number of nitroso groups, excluding NO2 is 1. The van der Waals surface area contributed by atoms with Crippen molar-refractivity contribution in [2.24, 2.45) is 5.18 Å². The van der Waals surface area contributed by atoms with Gasteiger partial charge in [0.25, 0.3) is 0 Å². The van der Waals surface area contributed by atoms with Crippen molar-refractivity contribution in [3.63, 3.8) is 0 Å². The summed E-state index contributed by atoms with van der Waals surface area (Å²) in [5.41, 5.74) is 0.397. The Morgan fingerprint density at radius 2 is 1.83 bits per heavy atom. The van der Waals surface area contributed by atoms with Crippen molar-refractivity contribution < 1.29 is 24.9 Å². The fourth-order valence-corrected chi connectivity index (χ4v) is 2.09. The molecule has 2 aromatic rings. The number of aromatic hydroxyl groups is 2. The molecule has 24 heavy (non-hydrogen) atoms. The summed E-state index contributed by atoms with van der Waals surface area (Å²) in [5.74, 6) is -2.19. The first-order valence-corrected chi connectivity index (χ1v) is 6.92. The number of hydrogen-bond donors (Lipinski definition) is 4. The Kier molecular flexibility index (Phi) is 5.10. The highest BCUT2D eigenvalue weighted by molar-refractivity contribution is 6.00. The van der Waals surface area contributed by atoms with E-state index in [2.05, 4.69) is 10.5 Å². The highest BCUT2D eigenvalue weighted by atomic mass is 16.4. The lowest BCUT2D eigenvalue weighted by Gasteiger charge is -2.09. The number of anilines is 1. The van der Waals surface area contributed by atoms with Gasteiger partial charge in [-0.2, -0.15) is 0 Å². The van der Waals surface area contributed by atoms with Gasteiger partial charge in [-0.25, -0.2) is 4.79 Å². The molecule has 0 unspecified atom stereocenters. The van der Waals surface area contributed by atoms with Gasteiger partial charge in [-0.3, -0.25) is 4.79 Å². The molecule has 0 aromatic heterocycles. The van der Waals surface area contributed by atoms with Crippen LogP contribution < -0.4 is 5.32 Å². The Morgan fingerprint density at radius 1 is 1.08 bits per heavy atom. The molecule has 4 N–H and O–H groups in total.